The maximum atomic E-state index is 6.69. The highest BCUT2D eigenvalue weighted by Crippen LogP contribution is 2.34. The predicted octanol–water partition coefficient (Wildman–Crippen LogP) is 6.32. The van der Waals surface area contributed by atoms with Gasteiger partial charge in [-0.05, 0) is 63.5 Å². The van der Waals surface area contributed by atoms with E-state index in [-0.39, 0.29) is 11.2 Å². The molecule has 136 valence electrons. The van der Waals surface area contributed by atoms with E-state index in [1.165, 1.54) is 11.1 Å². The third kappa shape index (κ3) is 5.71. The van der Waals surface area contributed by atoms with Gasteiger partial charge in [0, 0.05) is 0 Å². The Morgan fingerprint density at radius 1 is 0.640 bits per heavy atom. The third-order valence-electron chi connectivity index (χ3n) is 5.67. The Balaban J connectivity index is 2.01. The second-order valence-corrected chi connectivity index (χ2v) is 8.49. The SMILES string of the molecule is CC(Cc1ccccc1)C(C)(C)OC(C)(C)C(C)Cc1ccccc1. The average Bonchev–Trinajstić information content (AvgIpc) is 2.55. The Morgan fingerprint density at radius 2 is 0.960 bits per heavy atom. The topological polar surface area (TPSA) is 9.23 Å². The van der Waals surface area contributed by atoms with E-state index >= 15 is 0 Å². The first-order valence-electron chi connectivity index (χ1n) is 9.49. The molecule has 0 radical (unpaired) electrons. The molecule has 0 aliphatic carbocycles. The lowest BCUT2D eigenvalue weighted by Gasteiger charge is -2.43. The Labute approximate surface area is 154 Å². The van der Waals surface area contributed by atoms with Crippen LogP contribution in [0, 0.1) is 11.8 Å². The summed E-state index contributed by atoms with van der Waals surface area (Å²) in [6.45, 7) is 13.5. The normalized spacial score (nSPS) is 15.0. The van der Waals surface area contributed by atoms with Crippen molar-refractivity contribution in [2.24, 2.45) is 11.8 Å². The summed E-state index contributed by atoms with van der Waals surface area (Å²) in [7, 11) is 0. The molecule has 2 unspecified atom stereocenters. The molecule has 0 aliphatic heterocycles. The smallest absolute Gasteiger partial charge is 0.0662 e. The van der Waals surface area contributed by atoms with Gasteiger partial charge in [0.15, 0.2) is 0 Å². The van der Waals surface area contributed by atoms with E-state index in [1.54, 1.807) is 0 Å². The van der Waals surface area contributed by atoms with E-state index in [0.717, 1.165) is 12.8 Å². The van der Waals surface area contributed by atoms with Gasteiger partial charge in [0.25, 0.3) is 0 Å². The minimum Gasteiger partial charge on any atom is -0.369 e. The summed E-state index contributed by atoms with van der Waals surface area (Å²) in [6, 6.07) is 21.4. The molecular formula is C24H34O. The summed E-state index contributed by atoms with van der Waals surface area (Å²) in [6.07, 6.45) is 2.08. The zero-order chi connectivity index (χ0) is 18.5. The van der Waals surface area contributed by atoms with Crippen molar-refractivity contribution >= 4 is 0 Å². The molecule has 25 heavy (non-hydrogen) atoms. The van der Waals surface area contributed by atoms with Crippen molar-refractivity contribution in [2.75, 3.05) is 0 Å². The minimum atomic E-state index is -0.176. The predicted molar refractivity (Wildman–Crippen MR) is 108 cm³/mol. The summed E-state index contributed by atoms with van der Waals surface area (Å²) in [5.41, 5.74) is 2.40. The van der Waals surface area contributed by atoms with Crippen LogP contribution < -0.4 is 0 Å². The van der Waals surface area contributed by atoms with Crippen LogP contribution in [0.5, 0.6) is 0 Å². The molecule has 1 nitrogen and oxygen atoms in total. The van der Waals surface area contributed by atoms with Crippen molar-refractivity contribution < 1.29 is 4.74 Å². The zero-order valence-electron chi connectivity index (χ0n) is 16.8. The highest BCUT2D eigenvalue weighted by atomic mass is 16.5. The van der Waals surface area contributed by atoms with Crippen molar-refractivity contribution in [3.63, 3.8) is 0 Å². The van der Waals surface area contributed by atoms with Crippen molar-refractivity contribution in [3.8, 4) is 0 Å². The van der Waals surface area contributed by atoms with Crippen LogP contribution in [0.4, 0.5) is 0 Å². The fourth-order valence-electron chi connectivity index (χ4n) is 3.31. The molecule has 0 saturated carbocycles. The quantitative estimate of drug-likeness (QED) is 0.547. The van der Waals surface area contributed by atoms with Crippen molar-refractivity contribution in [1.82, 2.24) is 0 Å². The fraction of sp³-hybridized carbons (Fsp3) is 0.500. The number of hydrogen-bond donors (Lipinski definition) is 0. The molecule has 1 heteroatoms. The van der Waals surface area contributed by atoms with Gasteiger partial charge in [0.2, 0.25) is 0 Å². The largest absolute Gasteiger partial charge is 0.369 e. The van der Waals surface area contributed by atoms with Crippen LogP contribution in [-0.2, 0) is 17.6 Å². The van der Waals surface area contributed by atoms with E-state index in [2.05, 4.69) is 102 Å². The van der Waals surface area contributed by atoms with Crippen LogP contribution in [0.3, 0.4) is 0 Å². The first-order valence-corrected chi connectivity index (χ1v) is 9.49. The van der Waals surface area contributed by atoms with E-state index in [9.17, 15) is 0 Å². The van der Waals surface area contributed by atoms with Gasteiger partial charge in [-0.15, -0.1) is 0 Å². The molecule has 0 fully saturated rings. The second kappa shape index (κ2) is 8.19. The highest BCUT2D eigenvalue weighted by Gasteiger charge is 2.36. The van der Waals surface area contributed by atoms with Gasteiger partial charge in [-0.1, -0.05) is 74.5 Å². The number of rotatable bonds is 8. The summed E-state index contributed by atoms with van der Waals surface area (Å²) in [4.78, 5) is 0. The average molecular weight is 339 g/mol. The Morgan fingerprint density at radius 3 is 1.28 bits per heavy atom. The van der Waals surface area contributed by atoms with E-state index in [0.29, 0.717) is 11.8 Å². The molecule has 0 aromatic heterocycles. The first-order chi connectivity index (χ1) is 11.7. The molecule has 0 aliphatic rings. The van der Waals surface area contributed by atoms with Crippen molar-refractivity contribution in [1.29, 1.82) is 0 Å². The van der Waals surface area contributed by atoms with Crippen LogP contribution in [0.2, 0.25) is 0 Å². The summed E-state index contributed by atoms with van der Waals surface area (Å²) in [5, 5.41) is 0. The van der Waals surface area contributed by atoms with Crippen LogP contribution in [0.15, 0.2) is 60.7 Å². The van der Waals surface area contributed by atoms with Crippen LogP contribution in [0.25, 0.3) is 0 Å². The highest BCUT2D eigenvalue weighted by molar-refractivity contribution is 5.17. The Bertz CT molecular complexity index is 570. The molecule has 0 N–H and O–H groups in total. The lowest BCUT2D eigenvalue weighted by molar-refractivity contribution is -0.167. The lowest BCUT2D eigenvalue weighted by Crippen LogP contribution is -2.46. The van der Waals surface area contributed by atoms with Crippen LogP contribution in [0.1, 0.15) is 52.7 Å². The van der Waals surface area contributed by atoms with Gasteiger partial charge < -0.3 is 4.74 Å². The minimum absolute atomic E-state index is 0.176. The maximum absolute atomic E-state index is 6.69. The zero-order valence-corrected chi connectivity index (χ0v) is 16.8. The van der Waals surface area contributed by atoms with Crippen molar-refractivity contribution in [3.05, 3.63) is 71.8 Å². The van der Waals surface area contributed by atoms with Crippen LogP contribution >= 0.6 is 0 Å². The third-order valence-corrected chi connectivity index (χ3v) is 5.67. The van der Waals surface area contributed by atoms with Gasteiger partial charge in [-0.2, -0.15) is 0 Å². The maximum Gasteiger partial charge on any atom is 0.0662 e. The van der Waals surface area contributed by atoms with E-state index < -0.39 is 0 Å². The monoisotopic (exact) mass is 338 g/mol. The molecule has 2 atom stereocenters. The molecule has 0 spiro atoms. The van der Waals surface area contributed by atoms with E-state index in [1.807, 2.05) is 0 Å². The van der Waals surface area contributed by atoms with Crippen molar-refractivity contribution in [2.45, 2.75) is 65.6 Å². The van der Waals surface area contributed by atoms with Gasteiger partial charge in [0.1, 0.15) is 0 Å². The lowest BCUT2D eigenvalue weighted by atomic mass is 9.83. The molecule has 0 bridgehead atoms. The van der Waals surface area contributed by atoms with Gasteiger partial charge in [0.05, 0.1) is 11.2 Å². The van der Waals surface area contributed by atoms with E-state index in [4.69, 9.17) is 4.74 Å². The Kier molecular flexibility index (Phi) is 6.46. The van der Waals surface area contributed by atoms with Gasteiger partial charge in [-0.25, -0.2) is 0 Å². The summed E-state index contributed by atoms with van der Waals surface area (Å²) >= 11 is 0. The number of ether oxygens (including phenoxy) is 1. The molecule has 0 saturated heterocycles. The number of hydrogen-bond acceptors (Lipinski definition) is 1. The second-order valence-electron chi connectivity index (χ2n) is 8.49. The van der Waals surface area contributed by atoms with Crippen LogP contribution in [-0.4, -0.2) is 11.2 Å². The summed E-state index contributed by atoms with van der Waals surface area (Å²) < 4.78 is 6.69. The number of benzene rings is 2. The van der Waals surface area contributed by atoms with Gasteiger partial charge in [-0.3, -0.25) is 0 Å². The molecular weight excluding hydrogens is 304 g/mol. The molecule has 0 amide bonds. The Hall–Kier alpha value is -1.60. The molecule has 2 aromatic carbocycles. The molecule has 0 heterocycles. The molecule has 2 aromatic rings. The van der Waals surface area contributed by atoms with Gasteiger partial charge >= 0.3 is 0 Å². The molecule has 2 rings (SSSR count). The fourth-order valence-corrected chi connectivity index (χ4v) is 3.31. The standard InChI is InChI=1S/C24H34O/c1-19(17-21-13-9-7-10-14-21)23(3,4)25-24(5,6)20(2)18-22-15-11-8-12-16-22/h7-16,19-20H,17-18H2,1-6H3. The summed E-state index contributed by atoms with van der Waals surface area (Å²) in [5.74, 6) is 0.885. The first kappa shape index (κ1) is 19.7.